The molecule has 0 radical (unpaired) electrons. The molecule has 0 amide bonds. The van der Waals surface area contributed by atoms with Crippen LogP contribution in [0.5, 0.6) is 0 Å². The molecule has 0 N–H and O–H groups in total. The van der Waals surface area contributed by atoms with E-state index in [-0.39, 0.29) is 12.1 Å². The van der Waals surface area contributed by atoms with Crippen LogP contribution in [0, 0.1) is 0 Å². The number of esters is 1. The first-order valence-electron chi connectivity index (χ1n) is 5.44. The van der Waals surface area contributed by atoms with Crippen molar-refractivity contribution in [2.75, 3.05) is 13.7 Å². The van der Waals surface area contributed by atoms with E-state index in [9.17, 15) is 4.79 Å². The summed E-state index contributed by atoms with van der Waals surface area (Å²) in [5.41, 5.74) is 2.08. The predicted octanol–water partition coefficient (Wildman–Crippen LogP) is 2.50. The van der Waals surface area contributed by atoms with E-state index in [1.54, 1.807) is 0 Å². The second-order valence-electron chi connectivity index (χ2n) is 3.59. The zero-order valence-corrected chi connectivity index (χ0v) is 10.0. The molecule has 0 fully saturated rings. The SMILES string of the molecule is CCOC(C)c1ccc(CC(=O)OC)cc1. The Morgan fingerprint density at radius 2 is 1.94 bits per heavy atom. The molecule has 1 aromatic carbocycles. The highest BCUT2D eigenvalue weighted by atomic mass is 16.5. The summed E-state index contributed by atoms with van der Waals surface area (Å²) in [5.74, 6) is -0.217. The van der Waals surface area contributed by atoms with E-state index in [4.69, 9.17) is 4.74 Å². The van der Waals surface area contributed by atoms with Gasteiger partial charge < -0.3 is 9.47 Å². The van der Waals surface area contributed by atoms with Crippen LogP contribution >= 0.6 is 0 Å². The lowest BCUT2D eigenvalue weighted by molar-refractivity contribution is -0.139. The molecule has 1 aromatic rings. The molecular formula is C13H18O3. The second kappa shape index (κ2) is 6.28. The van der Waals surface area contributed by atoms with Gasteiger partial charge in [-0.2, -0.15) is 0 Å². The van der Waals surface area contributed by atoms with Gasteiger partial charge in [0.1, 0.15) is 0 Å². The number of rotatable bonds is 5. The van der Waals surface area contributed by atoms with Gasteiger partial charge in [-0.15, -0.1) is 0 Å². The summed E-state index contributed by atoms with van der Waals surface area (Å²) >= 11 is 0. The minimum atomic E-state index is -0.217. The summed E-state index contributed by atoms with van der Waals surface area (Å²) in [5, 5.41) is 0. The van der Waals surface area contributed by atoms with Gasteiger partial charge in [0.15, 0.2) is 0 Å². The Labute approximate surface area is 96.4 Å². The van der Waals surface area contributed by atoms with Crippen LogP contribution in [-0.2, 0) is 20.7 Å². The maximum absolute atomic E-state index is 11.1. The zero-order valence-electron chi connectivity index (χ0n) is 10.0. The Kier molecular flexibility index (Phi) is 4.99. The van der Waals surface area contributed by atoms with Gasteiger partial charge in [-0.1, -0.05) is 24.3 Å². The fraction of sp³-hybridized carbons (Fsp3) is 0.462. The van der Waals surface area contributed by atoms with Gasteiger partial charge in [-0.3, -0.25) is 4.79 Å². The van der Waals surface area contributed by atoms with Gasteiger partial charge >= 0.3 is 5.97 Å². The van der Waals surface area contributed by atoms with Gasteiger partial charge in [0, 0.05) is 6.61 Å². The van der Waals surface area contributed by atoms with Crippen LogP contribution in [0.3, 0.4) is 0 Å². The van der Waals surface area contributed by atoms with Crippen LogP contribution in [0.2, 0.25) is 0 Å². The molecule has 3 heteroatoms. The van der Waals surface area contributed by atoms with Gasteiger partial charge in [-0.05, 0) is 25.0 Å². The van der Waals surface area contributed by atoms with Gasteiger partial charge in [0.25, 0.3) is 0 Å². The molecule has 0 aliphatic rings. The summed E-state index contributed by atoms with van der Waals surface area (Å²) in [7, 11) is 1.40. The first-order chi connectivity index (χ1) is 7.67. The lowest BCUT2D eigenvalue weighted by atomic mass is 10.1. The summed E-state index contributed by atoms with van der Waals surface area (Å²) in [6, 6.07) is 7.83. The number of ether oxygens (including phenoxy) is 2. The number of methoxy groups -OCH3 is 1. The van der Waals surface area contributed by atoms with Crippen molar-refractivity contribution in [2.24, 2.45) is 0 Å². The van der Waals surface area contributed by atoms with E-state index in [0.29, 0.717) is 13.0 Å². The molecule has 0 saturated heterocycles. The molecule has 0 heterocycles. The number of hydrogen-bond acceptors (Lipinski definition) is 3. The summed E-state index contributed by atoms with van der Waals surface area (Å²) < 4.78 is 10.1. The van der Waals surface area contributed by atoms with Crippen molar-refractivity contribution in [3.8, 4) is 0 Å². The minimum absolute atomic E-state index is 0.0946. The average molecular weight is 222 g/mol. The number of carbonyl (C=O) groups is 1. The molecule has 0 aliphatic carbocycles. The normalized spacial score (nSPS) is 12.2. The van der Waals surface area contributed by atoms with Crippen LogP contribution in [0.15, 0.2) is 24.3 Å². The van der Waals surface area contributed by atoms with Crippen LogP contribution in [0.4, 0.5) is 0 Å². The first kappa shape index (κ1) is 12.7. The van der Waals surface area contributed by atoms with E-state index in [2.05, 4.69) is 4.74 Å². The van der Waals surface area contributed by atoms with Crippen molar-refractivity contribution in [2.45, 2.75) is 26.4 Å². The van der Waals surface area contributed by atoms with Crippen molar-refractivity contribution < 1.29 is 14.3 Å². The largest absolute Gasteiger partial charge is 0.469 e. The van der Waals surface area contributed by atoms with Crippen molar-refractivity contribution in [1.29, 1.82) is 0 Å². The third kappa shape index (κ3) is 3.66. The molecule has 88 valence electrons. The molecule has 0 spiro atoms. The second-order valence-corrected chi connectivity index (χ2v) is 3.59. The third-order valence-corrected chi connectivity index (χ3v) is 2.44. The Balaban J connectivity index is 2.64. The highest BCUT2D eigenvalue weighted by Gasteiger charge is 2.06. The van der Waals surface area contributed by atoms with Crippen LogP contribution in [0.1, 0.15) is 31.1 Å². The summed E-state index contributed by atoms with van der Waals surface area (Å²) in [4.78, 5) is 11.1. The zero-order chi connectivity index (χ0) is 12.0. The van der Waals surface area contributed by atoms with Gasteiger partial charge in [-0.25, -0.2) is 0 Å². The molecule has 16 heavy (non-hydrogen) atoms. The van der Waals surface area contributed by atoms with E-state index in [0.717, 1.165) is 11.1 Å². The highest BCUT2D eigenvalue weighted by molar-refractivity contribution is 5.72. The maximum atomic E-state index is 11.1. The molecule has 0 aliphatic heterocycles. The van der Waals surface area contributed by atoms with E-state index in [1.165, 1.54) is 7.11 Å². The van der Waals surface area contributed by atoms with E-state index >= 15 is 0 Å². The van der Waals surface area contributed by atoms with E-state index in [1.807, 2.05) is 38.1 Å². The molecule has 3 nitrogen and oxygen atoms in total. The minimum Gasteiger partial charge on any atom is -0.469 e. The van der Waals surface area contributed by atoms with Crippen LogP contribution in [-0.4, -0.2) is 19.7 Å². The molecule has 0 saturated carbocycles. The molecule has 1 unspecified atom stereocenters. The maximum Gasteiger partial charge on any atom is 0.309 e. The third-order valence-electron chi connectivity index (χ3n) is 2.44. The fourth-order valence-electron chi connectivity index (χ4n) is 1.49. The summed E-state index contributed by atoms with van der Waals surface area (Å²) in [6.45, 7) is 4.69. The first-order valence-corrected chi connectivity index (χ1v) is 5.44. The van der Waals surface area contributed by atoms with Crippen molar-refractivity contribution in [3.63, 3.8) is 0 Å². The molecule has 0 bridgehead atoms. The molecule has 1 rings (SSSR count). The standard InChI is InChI=1S/C13H18O3/c1-4-16-10(2)12-7-5-11(6-8-12)9-13(14)15-3/h5-8,10H,4,9H2,1-3H3. The fourth-order valence-corrected chi connectivity index (χ4v) is 1.49. The topological polar surface area (TPSA) is 35.5 Å². The highest BCUT2D eigenvalue weighted by Crippen LogP contribution is 2.17. The Bertz CT molecular complexity index is 330. The lowest BCUT2D eigenvalue weighted by Gasteiger charge is -2.12. The van der Waals surface area contributed by atoms with Gasteiger partial charge in [0.05, 0.1) is 19.6 Å². The monoisotopic (exact) mass is 222 g/mol. The predicted molar refractivity (Wildman–Crippen MR) is 62.2 cm³/mol. The van der Waals surface area contributed by atoms with Crippen molar-refractivity contribution in [3.05, 3.63) is 35.4 Å². The average Bonchev–Trinajstić information content (AvgIpc) is 2.30. The van der Waals surface area contributed by atoms with Crippen molar-refractivity contribution in [1.82, 2.24) is 0 Å². The lowest BCUT2D eigenvalue weighted by Crippen LogP contribution is -2.05. The smallest absolute Gasteiger partial charge is 0.309 e. The molecule has 0 aromatic heterocycles. The van der Waals surface area contributed by atoms with Crippen molar-refractivity contribution >= 4 is 5.97 Å². The summed E-state index contributed by atoms with van der Waals surface area (Å²) in [6.07, 6.45) is 0.414. The Morgan fingerprint density at radius 3 is 2.44 bits per heavy atom. The van der Waals surface area contributed by atoms with E-state index < -0.39 is 0 Å². The number of benzene rings is 1. The Hall–Kier alpha value is -1.35. The number of hydrogen-bond donors (Lipinski definition) is 0. The number of carbonyl (C=O) groups excluding carboxylic acids is 1. The van der Waals surface area contributed by atoms with Crippen LogP contribution in [0.25, 0.3) is 0 Å². The Morgan fingerprint density at radius 1 is 1.31 bits per heavy atom. The van der Waals surface area contributed by atoms with Gasteiger partial charge in [0.2, 0.25) is 0 Å². The molecular weight excluding hydrogens is 204 g/mol. The molecule has 1 atom stereocenters. The van der Waals surface area contributed by atoms with Crippen LogP contribution < -0.4 is 0 Å². The quantitative estimate of drug-likeness (QED) is 0.718.